The number of aromatic nitrogens is 5. The molecule has 0 bridgehead atoms. The zero-order chi connectivity index (χ0) is 17.2. The number of nitrogens with zero attached hydrogens (tertiary/aromatic N) is 5. The van der Waals surface area contributed by atoms with Crippen molar-refractivity contribution in [2.24, 2.45) is 5.92 Å². The van der Waals surface area contributed by atoms with Gasteiger partial charge in [-0.2, -0.15) is 0 Å². The lowest BCUT2D eigenvalue weighted by Gasteiger charge is -2.10. The van der Waals surface area contributed by atoms with E-state index in [1.54, 1.807) is 24.2 Å². The van der Waals surface area contributed by atoms with Crippen LogP contribution >= 0.6 is 11.8 Å². The number of thioether (sulfide) groups is 1. The maximum atomic E-state index is 6.08. The van der Waals surface area contributed by atoms with Gasteiger partial charge in [0.2, 0.25) is 0 Å². The predicted octanol–water partition coefficient (Wildman–Crippen LogP) is 3.25. The highest BCUT2D eigenvalue weighted by molar-refractivity contribution is 7.99. The summed E-state index contributed by atoms with van der Waals surface area (Å²) in [4.78, 5) is 17.6. The molecule has 3 heterocycles. The Bertz CT molecular complexity index is 872. The van der Waals surface area contributed by atoms with Crippen molar-refractivity contribution in [3.05, 3.63) is 36.0 Å². The number of anilines is 1. The van der Waals surface area contributed by atoms with Gasteiger partial charge in [-0.1, -0.05) is 11.8 Å². The van der Waals surface area contributed by atoms with E-state index in [0.29, 0.717) is 5.82 Å². The number of aryl methyl sites for hydroxylation is 2. The van der Waals surface area contributed by atoms with Crippen LogP contribution in [-0.4, -0.2) is 30.3 Å². The van der Waals surface area contributed by atoms with E-state index in [2.05, 4.69) is 26.4 Å². The molecular formula is C18H22N6S. The van der Waals surface area contributed by atoms with Crippen molar-refractivity contribution in [1.82, 2.24) is 24.5 Å². The van der Waals surface area contributed by atoms with Gasteiger partial charge in [-0.15, -0.1) is 0 Å². The van der Waals surface area contributed by atoms with E-state index in [1.807, 2.05) is 12.3 Å². The molecule has 3 aromatic heterocycles. The summed E-state index contributed by atoms with van der Waals surface area (Å²) in [5, 5.41) is 0.834. The molecule has 0 aliphatic heterocycles. The van der Waals surface area contributed by atoms with Crippen molar-refractivity contribution in [3.8, 4) is 0 Å². The van der Waals surface area contributed by atoms with Crippen LogP contribution in [0.4, 0.5) is 5.82 Å². The fourth-order valence-electron chi connectivity index (χ4n) is 3.09. The van der Waals surface area contributed by atoms with Crippen LogP contribution in [0.3, 0.4) is 0 Å². The summed E-state index contributed by atoms with van der Waals surface area (Å²) in [6, 6.07) is 1.84. The highest BCUT2D eigenvalue weighted by Gasteiger charge is 2.25. The molecule has 1 saturated carbocycles. The summed E-state index contributed by atoms with van der Waals surface area (Å²) >= 11 is 1.69. The molecule has 0 radical (unpaired) electrons. The Morgan fingerprint density at radius 3 is 2.80 bits per heavy atom. The fraction of sp³-hybridized carbons (Fsp3) is 0.444. The third-order valence-corrected chi connectivity index (χ3v) is 5.49. The number of imidazole rings is 1. The number of hydrogen-bond donors (Lipinski definition) is 1. The Balaban J connectivity index is 1.53. The highest BCUT2D eigenvalue weighted by Crippen LogP contribution is 2.34. The first-order valence-electron chi connectivity index (χ1n) is 8.72. The van der Waals surface area contributed by atoms with Gasteiger partial charge in [0.1, 0.15) is 11.3 Å². The molecule has 0 saturated heterocycles. The second kappa shape index (κ2) is 7.00. The standard InChI is InChI=1S/C18H22N6S/c1-12-11-22-17(19)15-16(12)24(14(23-15)10-13-4-5-13)8-3-9-25-18-20-6-2-7-21-18/h2,6-7,11,13H,3-5,8-10H2,1H3,(H2,19,22). The van der Waals surface area contributed by atoms with Gasteiger partial charge < -0.3 is 10.3 Å². The molecule has 0 amide bonds. The summed E-state index contributed by atoms with van der Waals surface area (Å²) < 4.78 is 2.35. The molecule has 0 unspecified atom stereocenters. The average molecular weight is 354 g/mol. The Hall–Kier alpha value is -2.15. The first kappa shape index (κ1) is 16.3. The predicted molar refractivity (Wildman–Crippen MR) is 100 cm³/mol. The number of fused-ring (bicyclic) bond motifs is 1. The second-order valence-corrected chi connectivity index (χ2v) is 7.65. The number of nitrogen functional groups attached to an aromatic ring is 1. The summed E-state index contributed by atoms with van der Waals surface area (Å²) in [7, 11) is 0. The summed E-state index contributed by atoms with van der Waals surface area (Å²) in [5.41, 5.74) is 9.21. The summed E-state index contributed by atoms with van der Waals surface area (Å²) in [6.45, 7) is 3.02. The SMILES string of the molecule is Cc1cnc(N)c2nc(CC3CC3)n(CCCSc3ncccn3)c12. The Morgan fingerprint density at radius 1 is 1.24 bits per heavy atom. The van der Waals surface area contributed by atoms with Gasteiger partial charge in [-0.05, 0) is 43.7 Å². The van der Waals surface area contributed by atoms with Gasteiger partial charge in [0.25, 0.3) is 0 Å². The first-order chi connectivity index (χ1) is 12.2. The minimum absolute atomic E-state index is 0.531. The van der Waals surface area contributed by atoms with Crippen LogP contribution < -0.4 is 5.73 Å². The largest absolute Gasteiger partial charge is 0.382 e. The Labute approximate surface area is 151 Å². The molecule has 1 aliphatic carbocycles. The molecule has 0 spiro atoms. The molecule has 4 rings (SSSR count). The normalized spacial score (nSPS) is 14.3. The van der Waals surface area contributed by atoms with E-state index in [4.69, 9.17) is 10.7 Å². The van der Waals surface area contributed by atoms with Crippen molar-refractivity contribution in [2.45, 2.75) is 44.3 Å². The zero-order valence-electron chi connectivity index (χ0n) is 14.4. The molecule has 6 nitrogen and oxygen atoms in total. The lowest BCUT2D eigenvalue weighted by atomic mass is 10.2. The second-order valence-electron chi connectivity index (χ2n) is 6.58. The van der Waals surface area contributed by atoms with E-state index < -0.39 is 0 Å². The minimum atomic E-state index is 0.531. The number of rotatable bonds is 7. The Kier molecular flexibility index (Phi) is 4.57. The van der Waals surface area contributed by atoms with Gasteiger partial charge in [0.15, 0.2) is 11.0 Å². The van der Waals surface area contributed by atoms with Gasteiger partial charge in [-0.3, -0.25) is 0 Å². The molecular weight excluding hydrogens is 332 g/mol. The van der Waals surface area contributed by atoms with E-state index in [0.717, 1.165) is 58.6 Å². The van der Waals surface area contributed by atoms with Crippen molar-refractivity contribution >= 4 is 28.6 Å². The third-order valence-electron chi connectivity index (χ3n) is 4.53. The van der Waals surface area contributed by atoms with Gasteiger partial charge in [-0.25, -0.2) is 19.9 Å². The molecule has 1 aliphatic rings. The van der Waals surface area contributed by atoms with Crippen LogP contribution in [0.2, 0.25) is 0 Å². The molecule has 130 valence electrons. The van der Waals surface area contributed by atoms with Crippen LogP contribution in [0.5, 0.6) is 0 Å². The van der Waals surface area contributed by atoms with E-state index in [1.165, 1.54) is 12.8 Å². The molecule has 1 fully saturated rings. The third kappa shape index (κ3) is 3.61. The average Bonchev–Trinajstić information content (AvgIpc) is 3.36. The molecule has 3 aromatic rings. The van der Waals surface area contributed by atoms with Crippen molar-refractivity contribution < 1.29 is 0 Å². The minimum Gasteiger partial charge on any atom is -0.382 e. The van der Waals surface area contributed by atoms with Crippen LogP contribution in [0.15, 0.2) is 29.8 Å². The Morgan fingerprint density at radius 2 is 2.04 bits per heavy atom. The quantitative estimate of drug-likeness (QED) is 0.398. The molecule has 25 heavy (non-hydrogen) atoms. The highest BCUT2D eigenvalue weighted by atomic mass is 32.2. The maximum absolute atomic E-state index is 6.08. The molecule has 2 N–H and O–H groups in total. The van der Waals surface area contributed by atoms with Gasteiger partial charge in [0.05, 0.1) is 5.52 Å². The van der Waals surface area contributed by atoms with Crippen LogP contribution in [0.1, 0.15) is 30.7 Å². The maximum Gasteiger partial charge on any atom is 0.187 e. The van der Waals surface area contributed by atoms with Gasteiger partial charge in [0, 0.05) is 37.3 Å². The van der Waals surface area contributed by atoms with E-state index >= 15 is 0 Å². The topological polar surface area (TPSA) is 82.5 Å². The number of nitrogens with two attached hydrogens (primary N) is 1. The smallest absolute Gasteiger partial charge is 0.187 e. The van der Waals surface area contributed by atoms with E-state index in [9.17, 15) is 0 Å². The van der Waals surface area contributed by atoms with Gasteiger partial charge >= 0.3 is 0 Å². The van der Waals surface area contributed by atoms with Crippen molar-refractivity contribution in [2.75, 3.05) is 11.5 Å². The lowest BCUT2D eigenvalue weighted by molar-refractivity contribution is 0.634. The van der Waals surface area contributed by atoms with Crippen molar-refractivity contribution in [1.29, 1.82) is 0 Å². The summed E-state index contributed by atoms with van der Waals surface area (Å²) in [6.07, 6.45) is 10.1. The monoisotopic (exact) mass is 354 g/mol. The molecule has 0 atom stereocenters. The summed E-state index contributed by atoms with van der Waals surface area (Å²) in [5.74, 6) is 3.45. The molecule has 7 heteroatoms. The fourth-order valence-corrected chi connectivity index (χ4v) is 3.82. The number of pyridine rings is 1. The first-order valence-corrected chi connectivity index (χ1v) is 9.71. The van der Waals surface area contributed by atoms with Crippen LogP contribution in [-0.2, 0) is 13.0 Å². The van der Waals surface area contributed by atoms with Crippen LogP contribution in [0, 0.1) is 12.8 Å². The zero-order valence-corrected chi connectivity index (χ0v) is 15.2. The van der Waals surface area contributed by atoms with Crippen LogP contribution in [0.25, 0.3) is 11.0 Å². The molecule has 0 aromatic carbocycles. The van der Waals surface area contributed by atoms with E-state index in [-0.39, 0.29) is 0 Å². The van der Waals surface area contributed by atoms with Crippen molar-refractivity contribution in [3.63, 3.8) is 0 Å². The lowest BCUT2D eigenvalue weighted by Crippen LogP contribution is -2.07. The number of hydrogen-bond acceptors (Lipinski definition) is 6.